The molecule has 2 aromatic heterocycles. The second-order valence-corrected chi connectivity index (χ2v) is 3.89. The Morgan fingerprint density at radius 2 is 2.27 bits per heavy atom. The summed E-state index contributed by atoms with van der Waals surface area (Å²) in [6, 6.07) is 2.11. The van der Waals surface area contributed by atoms with Crippen molar-refractivity contribution in [1.29, 1.82) is 0 Å². The van der Waals surface area contributed by atoms with Crippen molar-refractivity contribution in [3.8, 4) is 0 Å². The lowest BCUT2D eigenvalue weighted by atomic mass is 10.2. The highest BCUT2D eigenvalue weighted by Gasteiger charge is 2.06. The molecule has 0 aliphatic heterocycles. The third kappa shape index (κ3) is 2.12. The summed E-state index contributed by atoms with van der Waals surface area (Å²) in [6.45, 7) is 3.93. The van der Waals surface area contributed by atoms with Crippen molar-refractivity contribution < 1.29 is 0 Å². The van der Waals surface area contributed by atoms with Crippen LogP contribution in [0.1, 0.15) is 24.9 Å². The van der Waals surface area contributed by atoms with Gasteiger partial charge >= 0.3 is 0 Å². The molecule has 2 aromatic rings. The number of aromatic nitrogens is 4. The van der Waals surface area contributed by atoms with Gasteiger partial charge in [-0.1, -0.05) is 0 Å². The van der Waals surface area contributed by atoms with Crippen LogP contribution in [-0.4, -0.2) is 25.6 Å². The number of aryl methyl sites for hydroxylation is 2. The summed E-state index contributed by atoms with van der Waals surface area (Å²) in [6.07, 6.45) is 3.51. The van der Waals surface area contributed by atoms with Crippen molar-refractivity contribution in [3.05, 3.63) is 23.9 Å². The molecule has 2 N–H and O–H groups in total. The van der Waals surface area contributed by atoms with Gasteiger partial charge in [0, 0.05) is 24.2 Å². The Labute approximate surface area is 88.3 Å². The van der Waals surface area contributed by atoms with Crippen LogP contribution in [0.5, 0.6) is 0 Å². The number of rotatable bonds is 3. The summed E-state index contributed by atoms with van der Waals surface area (Å²) < 4.78 is 1.91. The molecule has 0 saturated heterocycles. The molecule has 0 saturated carbocycles. The van der Waals surface area contributed by atoms with Crippen LogP contribution in [0, 0.1) is 6.92 Å². The van der Waals surface area contributed by atoms with Crippen LogP contribution in [0.3, 0.4) is 0 Å². The van der Waals surface area contributed by atoms with Gasteiger partial charge < -0.3 is 5.73 Å². The largest absolute Gasteiger partial charge is 0.328 e. The molecule has 80 valence electrons. The van der Waals surface area contributed by atoms with E-state index in [0.29, 0.717) is 0 Å². The molecule has 0 spiro atoms. The molecule has 0 amide bonds. The molecule has 15 heavy (non-hydrogen) atoms. The lowest BCUT2D eigenvalue weighted by molar-refractivity contribution is 0.643. The smallest absolute Gasteiger partial charge is 0.163 e. The van der Waals surface area contributed by atoms with Crippen LogP contribution in [0.4, 0.5) is 0 Å². The lowest BCUT2D eigenvalue weighted by Gasteiger charge is -2.02. The van der Waals surface area contributed by atoms with Crippen molar-refractivity contribution in [2.75, 3.05) is 0 Å². The summed E-state index contributed by atoms with van der Waals surface area (Å²) in [5.74, 6) is 0.926. The Morgan fingerprint density at radius 3 is 3.00 bits per heavy atom. The van der Waals surface area contributed by atoms with Crippen molar-refractivity contribution in [2.24, 2.45) is 5.73 Å². The van der Waals surface area contributed by atoms with E-state index in [4.69, 9.17) is 5.73 Å². The normalized spacial score (nSPS) is 13.3. The average molecular weight is 205 g/mol. The van der Waals surface area contributed by atoms with Crippen molar-refractivity contribution in [3.63, 3.8) is 0 Å². The van der Waals surface area contributed by atoms with Gasteiger partial charge in [0.25, 0.3) is 0 Å². The summed E-state index contributed by atoms with van der Waals surface area (Å²) in [5.41, 5.74) is 7.51. The number of hydrogen-bond donors (Lipinski definition) is 1. The topological polar surface area (TPSA) is 69.1 Å². The van der Waals surface area contributed by atoms with Gasteiger partial charge in [-0.15, -0.1) is 10.2 Å². The average Bonchev–Trinajstić information content (AvgIpc) is 2.57. The Balaban J connectivity index is 2.29. The second kappa shape index (κ2) is 3.94. The summed E-state index contributed by atoms with van der Waals surface area (Å²) in [4.78, 5) is 4.22. The van der Waals surface area contributed by atoms with E-state index in [1.165, 1.54) is 0 Å². The first-order valence-electron chi connectivity index (χ1n) is 5.08. The predicted molar refractivity (Wildman–Crippen MR) is 57.5 cm³/mol. The van der Waals surface area contributed by atoms with Crippen LogP contribution in [-0.2, 0) is 6.42 Å². The zero-order valence-electron chi connectivity index (χ0n) is 9.01. The monoisotopic (exact) mass is 205 g/mol. The Bertz CT molecular complexity index is 460. The van der Waals surface area contributed by atoms with Gasteiger partial charge in [0.1, 0.15) is 12.2 Å². The van der Waals surface area contributed by atoms with E-state index in [1.807, 2.05) is 24.3 Å². The Kier molecular flexibility index (Phi) is 2.64. The molecule has 2 rings (SSSR count). The quantitative estimate of drug-likeness (QED) is 0.801. The molecule has 1 atom stereocenters. The van der Waals surface area contributed by atoms with Gasteiger partial charge in [0.2, 0.25) is 0 Å². The maximum Gasteiger partial charge on any atom is 0.163 e. The summed E-state index contributed by atoms with van der Waals surface area (Å²) >= 11 is 0. The number of fused-ring (bicyclic) bond motifs is 1. The van der Waals surface area contributed by atoms with Gasteiger partial charge in [-0.25, -0.2) is 4.98 Å². The van der Waals surface area contributed by atoms with Gasteiger partial charge in [-0.2, -0.15) is 0 Å². The first-order chi connectivity index (χ1) is 7.16. The Hall–Kier alpha value is -1.49. The van der Waals surface area contributed by atoms with Crippen molar-refractivity contribution >= 4 is 5.65 Å². The first-order valence-corrected chi connectivity index (χ1v) is 5.08. The van der Waals surface area contributed by atoms with Crippen molar-refractivity contribution in [2.45, 2.75) is 32.7 Å². The molecule has 0 radical (unpaired) electrons. The molecule has 0 bridgehead atoms. The van der Waals surface area contributed by atoms with Gasteiger partial charge in [0.05, 0.1) is 0 Å². The number of hydrogen-bond acceptors (Lipinski definition) is 4. The molecular formula is C10H15N5. The fourth-order valence-electron chi connectivity index (χ4n) is 1.46. The zero-order chi connectivity index (χ0) is 10.8. The van der Waals surface area contributed by atoms with E-state index >= 15 is 0 Å². The zero-order valence-corrected chi connectivity index (χ0v) is 9.01. The molecule has 0 aliphatic carbocycles. The van der Waals surface area contributed by atoms with Gasteiger partial charge in [-0.3, -0.25) is 4.40 Å². The van der Waals surface area contributed by atoms with Crippen LogP contribution < -0.4 is 5.73 Å². The highest BCUT2D eigenvalue weighted by Crippen LogP contribution is 2.06. The fourth-order valence-corrected chi connectivity index (χ4v) is 1.46. The number of nitrogens with zero attached hydrogens (tertiary/aromatic N) is 4. The maximum atomic E-state index is 5.70. The SMILES string of the molecule is Cc1cc2nnc(CCC(C)N)n2cn1. The highest BCUT2D eigenvalue weighted by molar-refractivity contribution is 5.37. The van der Waals surface area contributed by atoms with Gasteiger partial charge in [-0.05, 0) is 20.3 Å². The van der Waals surface area contributed by atoms with E-state index in [0.717, 1.165) is 30.0 Å². The Morgan fingerprint density at radius 1 is 1.47 bits per heavy atom. The third-order valence-corrected chi connectivity index (χ3v) is 2.33. The van der Waals surface area contributed by atoms with E-state index in [9.17, 15) is 0 Å². The van der Waals surface area contributed by atoms with Crippen LogP contribution in [0.25, 0.3) is 5.65 Å². The van der Waals surface area contributed by atoms with E-state index in [2.05, 4.69) is 15.2 Å². The maximum absolute atomic E-state index is 5.70. The molecule has 0 aliphatic rings. The highest BCUT2D eigenvalue weighted by atomic mass is 15.3. The summed E-state index contributed by atoms with van der Waals surface area (Å²) in [7, 11) is 0. The van der Waals surface area contributed by atoms with E-state index in [1.54, 1.807) is 6.33 Å². The molecular weight excluding hydrogens is 190 g/mol. The van der Waals surface area contributed by atoms with Crippen LogP contribution in [0.15, 0.2) is 12.4 Å². The molecule has 0 fully saturated rings. The predicted octanol–water partition coefficient (Wildman–Crippen LogP) is 0.713. The van der Waals surface area contributed by atoms with Crippen LogP contribution in [0.2, 0.25) is 0 Å². The summed E-state index contributed by atoms with van der Waals surface area (Å²) in [5, 5.41) is 8.22. The molecule has 2 heterocycles. The lowest BCUT2D eigenvalue weighted by Crippen LogP contribution is -2.16. The van der Waals surface area contributed by atoms with Gasteiger partial charge in [0.15, 0.2) is 5.65 Å². The first kappa shape index (κ1) is 10.0. The number of nitrogens with two attached hydrogens (primary N) is 1. The van der Waals surface area contributed by atoms with Crippen LogP contribution >= 0.6 is 0 Å². The third-order valence-electron chi connectivity index (χ3n) is 2.33. The minimum absolute atomic E-state index is 0.191. The fraction of sp³-hybridized carbons (Fsp3) is 0.500. The molecule has 5 heteroatoms. The second-order valence-electron chi connectivity index (χ2n) is 3.89. The standard InChI is InChI=1S/C10H15N5/c1-7(11)3-4-9-13-14-10-5-8(2)12-6-15(9)10/h5-7H,3-4,11H2,1-2H3. The molecule has 5 nitrogen and oxygen atoms in total. The van der Waals surface area contributed by atoms with E-state index in [-0.39, 0.29) is 6.04 Å². The van der Waals surface area contributed by atoms with E-state index < -0.39 is 0 Å². The molecule has 1 unspecified atom stereocenters. The van der Waals surface area contributed by atoms with Crippen molar-refractivity contribution in [1.82, 2.24) is 19.6 Å². The minimum Gasteiger partial charge on any atom is -0.328 e. The minimum atomic E-state index is 0.191. The molecule has 0 aromatic carbocycles.